The maximum atomic E-state index is 12.5. The van der Waals surface area contributed by atoms with E-state index in [1.165, 1.54) is 0 Å². The highest BCUT2D eigenvalue weighted by molar-refractivity contribution is 5.96. The minimum absolute atomic E-state index is 0.0341. The third-order valence-corrected chi connectivity index (χ3v) is 3.32. The lowest BCUT2D eigenvalue weighted by Gasteiger charge is -2.09. The van der Waals surface area contributed by atoms with E-state index in [0.29, 0.717) is 0 Å². The predicted octanol–water partition coefficient (Wildman–Crippen LogP) is 3.27. The van der Waals surface area contributed by atoms with Crippen LogP contribution in [-0.2, 0) is 6.42 Å². The lowest BCUT2D eigenvalue weighted by Crippen LogP contribution is -2.31. The molecule has 0 fully saturated rings. The quantitative estimate of drug-likeness (QED) is 0.916. The van der Waals surface area contributed by atoms with Crippen LogP contribution in [0, 0.1) is 6.92 Å². The maximum Gasteiger partial charge on any atom is 0.255 e. The molecule has 1 N–H and O–H groups in total. The van der Waals surface area contributed by atoms with E-state index in [-0.39, 0.29) is 11.9 Å². The average Bonchev–Trinajstić information content (AvgIpc) is 2.76. The van der Waals surface area contributed by atoms with Gasteiger partial charge in [0, 0.05) is 6.04 Å². The minimum atomic E-state index is -0.0341. The Morgan fingerprint density at radius 3 is 2.52 bits per heavy atom. The molecule has 4 nitrogen and oxygen atoms in total. The molecule has 0 atom stereocenters. The van der Waals surface area contributed by atoms with Crippen molar-refractivity contribution in [1.82, 2.24) is 15.1 Å². The smallest absolute Gasteiger partial charge is 0.255 e. The van der Waals surface area contributed by atoms with Crippen molar-refractivity contribution in [2.75, 3.05) is 0 Å². The first-order valence-corrected chi connectivity index (χ1v) is 7.49. The van der Waals surface area contributed by atoms with Gasteiger partial charge >= 0.3 is 0 Å². The van der Waals surface area contributed by atoms with Gasteiger partial charge in [-0.15, -0.1) is 0 Å². The minimum Gasteiger partial charge on any atom is -0.350 e. The SMILES string of the molecule is CCCc1nn(-c2ccccc2)c(C)c1C(=O)NC(C)C. The monoisotopic (exact) mass is 285 g/mol. The fourth-order valence-corrected chi connectivity index (χ4v) is 2.42. The summed E-state index contributed by atoms with van der Waals surface area (Å²) in [6.07, 6.45) is 1.77. The van der Waals surface area contributed by atoms with Crippen LogP contribution < -0.4 is 5.32 Å². The Bertz CT molecular complexity index is 614. The van der Waals surface area contributed by atoms with Gasteiger partial charge in [0.25, 0.3) is 5.91 Å². The molecule has 0 spiro atoms. The number of aryl methyl sites for hydroxylation is 1. The summed E-state index contributed by atoms with van der Waals surface area (Å²) in [5.74, 6) is -0.0341. The van der Waals surface area contributed by atoms with Gasteiger partial charge in [0.05, 0.1) is 22.6 Å². The highest BCUT2D eigenvalue weighted by Crippen LogP contribution is 2.19. The molecule has 1 amide bonds. The molecule has 1 heterocycles. The molecule has 4 heteroatoms. The van der Waals surface area contributed by atoms with Crippen molar-refractivity contribution >= 4 is 5.91 Å². The number of hydrogen-bond acceptors (Lipinski definition) is 2. The van der Waals surface area contributed by atoms with Crippen LogP contribution in [-0.4, -0.2) is 21.7 Å². The molecule has 0 aliphatic rings. The number of amides is 1. The van der Waals surface area contributed by atoms with Crippen molar-refractivity contribution in [1.29, 1.82) is 0 Å². The highest BCUT2D eigenvalue weighted by Gasteiger charge is 2.21. The van der Waals surface area contributed by atoms with Crippen LogP contribution >= 0.6 is 0 Å². The number of nitrogens with one attached hydrogen (secondary N) is 1. The van der Waals surface area contributed by atoms with Gasteiger partial charge in [0.15, 0.2) is 0 Å². The van der Waals surface area contributed by atoms with Gasteiger partial charge < -0.3 is 5.32 Å². The first kappa shape index (κ1) is 15.3. The number of rotatable bonds is 5. The lowest BCUT2D eigenvalue weighted by atomic mass is 10.1. The Morgan fingerprint density at radius 1 is 1.29 bits per heavy atom. The van der Waals surface area contributed by atoms with Crippen molar-refractivity contribution in [2.24, 2.45) is 0 Å². The number of nitrogens with zero attached hydrogens (tertiary/aromatic N) is 2. The van der Waals surface area contributed by atoms with Crippen molar-refractivity contribution in [3.63, 3.8) is 0 Å². The van der Waals surface area contributed by atoms with Crippen LogP contribution in [0.1, 0.15) is 48.9 Å². The van der Waals surface area contributed by atoms with Gasteiger partial charge in [-0.3, -0.25) is 4.79 Å². The summed E-state index contributed by atoms with van der Waals surface area (Å²) < 4.78 is 1.86. The van der Waals surface area contributed by atoms with Gasteiger partial charge in [0.2, 0.25) is 0 Å². The summed E-state index contributed by atoms with van der Waals surface area (Å²) in [6, 6.07) is 10.0. The number of benzene rings is 1. The Balaban J connectivity index is 2.48. The zero-order valence-corrected chi connectivity index (χ0v) is 13.2. The van der Waals surface area contributed by atoms with Crippen molar-refractivity contribution in [2.45, 2.75) is 46.6 Å². The molecule has 0 aliphatic carbocycles. The molecule has 1 aromatic carbocycles. The van der Waals surface area contributed by atoms with E-state index in [1.807, 2.05) is 55.8 Å². The molecule has 0 aliphatic heterocycles. The number of carbonyl (C=O) groups is 1. The standard InChI is InChI=1S/C17H23N3O/c1-5-9-15-16(17(21)18-12(2)3)13(4)20(19-15)14-10-7-6-8-11-14/h6-8,10-12H,5,9H2,1-4H3,(H,18,21). The first-order chi connectivity index (χ1) is 10.0. The molecule has 0 radical (unpaired) electrons. The molecular weight excluding hydrogens is 262 g/mol. The van der Waals surface area contributed by atoms with Crippen LogP contribution in [0.2, 0.25) is 0 Å². The number of hydrogen-bond donors (Lipinski definition) is 1. The van der Waals surface area contributed by atoms with Crippen molar-refractivity contribution < 1.29 is 4.79 Å². The molecule has 0 saturated carbocycles. The van der Waals surface area contributed by atoms with E-state index in [4.69, 9.17) is 0 Å². The van der Waals surface area contributed by atoms with E-state index in [0.717, 1.165) is 35.5 Å². The summed E-state index contributed by atoms with van der Waals surface area (Å²) in [5, 5.41) is 7.63. The summed E-state index contributed by atoms with van der Waals surface area (Å²) in [5.41, 5.74) is 3.46. The van der Waals surface area contributed by atoms with E-state index in [9.17, 15) is 4.79 Å². The van der Waals surface area contributed by atoms with Crippen LogP contribution in [0.3, 0.4) is 0 Å². The Kier molecular flexibility index (Phi) is 4.78. The summed E-state index contributed by atoms with van der Waals surface area (Å²) in [4.78, 5) is 12.5. The highest BCUT2D eigenvalue weighted by atomic mass is 16.1. The average molecular weight is 285 g/mol. The summed E-state index contributed by atoms with van der Waals surface area (Å²) >= 11 is 0. The summed E-state index contributed by atoms with van der Waals surface area (Å²) in [6.45, 7) is 7.98. The number of carbonyl (C=O) groups excluding carboxylic acids is 1. The number of aromatic nitrogens is 2. The maximum absolute atomic E-state index is 12.5. The van der Waals surface area contributed by atoms with E-state index in [1.54, 1.807) is 0 Å². The fraction of sp³-hybridized carbons (Fsp3) is 0.412. The second kappa shape index (κ2) is 6.57. The Labute approximate surface area is 126 Å². The van der Waals surface area contributed by atoms with E-state index >= 15 is 0 Å². The Hall–Kier alpha value is -2.10. The largest absolute Gasteiger partial charge is 0.350 e. The second-order valence-electron chi connectivity index (χ2n) is 5.53. The first-order valence-electron chi connectivity index (χ1n) is 7.49. The summed E-state index contributed by atoms with van der Waals surface area (Å²) in [7, 11) is 0. The normalized spacial score (nSPS) is 10.9. The van der Waals surface area contributed by atoms with Gasteiger partial charge in [-0.1, -0.05) is 31.5 Å². The van der Waals surface area contributed by atoms with E-state index in [2.05, 4.69) is 17.3 Å². The van der Waals surface area contributed by atoms with Crippen LogP contribution in [0.4, 0.5) is 0 Å². The van der Waals surface area contributed by atoms with Crippen LogP contribution in [0.15, 0.2) is 30.3 Å². The van der Waals surface area contributed by atoms with Gasteiger partial charge in [0.1, 0.15) is 0 Å². The molecule has 1 aromatic heterocycles. The molecule has 112 valence electrons. The fourth-order valence-electron chi connectivity index (χ4n) is 2.42. The zero-order valence-electron chi connectivity index (χ0n) is 13.2. The van der Waals surface area contributed by atoms with Crippen LogP contribution in [0.5, 0.6) is 0 Å². The third kappa shape index (κ3) is 3.32. The third-order valence-electron chi connectivity index (χ3n) is 3.32. The molecule has 0 unspecified atom stereocenters. The molecule has 0 saturated heterocycles. The van der Waals surface area contributed by atoms with Crippen LogP contribution in [0.25, 0.3) is 5.69 Å². The lowest BCUT2D eigenvalue weighted by molar-refractivity contribution is 0.0941. The van der Waals surface area contributed by atoms with Gasteiger partial charge in [-0.05, 0) is 39.3 Å². The molecule has 0 bridgehead atoms. The van der Waals surface area contributed by atoms with Gasteiger partial charge in [-0.2, -0.15) is 5.10 Å². The molecular formula is C17H23N3O. The Morgan fingerprint density at radius 2 is 1.95 bits per heavy atom. The predicted molar refractivity (Wildman–Crippen MR) is 84.9 cm³/mol. The zero-order chi connectivity index (χ0) is 15.4. The topological polar surface area (TPSA) is 46.9 Å². The molecule has 2 aromatic rings. The molecule has 21 heavy (non-hydrogen) atoms. The second-order valence-corrected chi connectivity index (χ2v) is 5.53. The van der Waals surface area contributed by atoms with Crippen molar-refractivity contribution in [3.8, 4) is 5.69 Å². The van der Waals surface area contributed by atoms with E-state index < -0.39 is 0 Å². The van der Waals surface area contributed by atoms with Gasteiger partial charge in [-0.25, -0.2) is 4.68 Å². The number of para-hydroxylation sites is 1. The van der Waals surface area contributed by atoms with Crippen molar-refractivity contribution in [3.05, 3.63) is 47.3 Å². The molecule has 2 rings (SSSR count).